The van der Waals surface area contributed by atoms with Gasteiger partial charge in [0.25, 0.3) is 0 Å². The summed E-state index contributed by atoms with van der Waals surface area (Å²) in [6.07, 6.45) is 2.67. The first-order valence-corrected chi connectivity index (χ1v) is 7.64. The molecule has 2 N–H and O–H groups in total. The van der Waals surface area contributed by atoms with Gasteiger partial charge in [-0.15, -0.1) is 0 Å². The summed E-state index contributed by atoms with van der Waals surface area (Å²) in [6, 6.07) is 2.37. The minimum Gasteiger partial charge on any atom is -0.373 e. The summed E-state index contributed by atoms with van der Waals surface area (Å²) in [5.41, 5.74) is 0. The van der Waals surface area contributed by atoms with Crippen LogP contribution in [0.2, 0.25) is 0 Å². The largest absolute Gasteiger partial charge is 0.373 e. The van der Waals surface area contributed by atoms with Gasteiger partial charge in [0.15, 0.2) is 0 Å². The molecule has 0 bridgehead atoms. The fraction of sp³-hybridized carbons (Fsp3) is 0.733. The van der Waals surface area contributed by atoms with E-state index in [0.717, 1.165) is 24.0 Å². The number of rotatable bonds is 6. The molecule has 1 atom stereocenters. The van der Waals surface area contributed by atoms with Gasteiger partial charge in [-0.2, -0.15) is 0 Å². The average molecular weight is 277 g/mol. The Kier molecular flexibility index (Phi) is 5.17. The molecule has 1 aromatic heterocycles. The van der Waals surface area contributed by atoms with Gasteiger partial charge in [0, 0.05) is 31.6 Å². The third-order valence-corrected chi connectivity index (χ3v) is 3.64. The first-order chi connectivity index (χ1) is 9.58. The smallest absolute Gasteiger partial charge is 0.135 e. The van der Waals surface area contributed by atoms with Crippen LogP contribution in [-0.4, -0.2) is 47.6 Å². The second kappa shape index (κ2) is 6.88. The molecule has 5 nitrogen and oxygen atoms in total. The molecule has 2 rings (SSSR count). The van der Waals surface area contributed by atoms with Crippen LogP contribution >= 0.6 is 0 Å². The van der Waals surface area contributed by atoms with E-state index < -0.39 is 0 Å². The molecule has 20 heavy (non-hydrogen) atoms. The number of hydrogen-bond donors (Lipinski definition) is 2. The Morgan fingerprint density at radius 3 is 2.40 bits per heavy atom. The monoisotopic (exact) mass is 277 g/mol. The van der Waals surface area contributed by atoms with Crippen molar-refractivity contribution in [2.24, 2.45) is 0 Å². The Balaban J connectivity index is 2.01. The molecule has 0 spiro atoms. The van der Waals surface area contributed by atoms with Crippen molar-refractivity contribution in [3.63, 3.8) is 0 Å². The summed E-state index contributed by atoms with van der Waals surface area (Å²) in [4.78, 5) is 11.6. The van der Waals surface area contributed by atoms with Crippen molar-refractivity contribution in [1.82, 2.24) is 14.9 Å². The third kappa shape index (κ3) is 4.07. The van der Waals surface area contributed by atoms with E-state index in [1.54, 1.807) is 0 Å². The number of nitrogens with one attached hydrogen (secondary N) is 2. The molecule has 0 saturated carbocycles. The van der Waals surface area contributed by atoms with E-state index in [1.807, 2.05) is 13.1 Å². The van der Waals surface area contributed by atoms with E-state index in [1.165, 1.54) is 25.9 Å². The lowest BCUT2D eigenvalue weighted by Crippen LogP contribution is -2.33. The van der Waals surface area contributed by atoms with Gasteiger partial charge < -0.3 is 15.5 Å². The van der Waals surface area contributed by atoms with Crippen LogP contribution in [-0.2, 0) is 0 Å². The zero-order valence-electron chi connectivity index (χ0n) is 13.1. The molecule has 1 saturated heterocycles. The predicted octanol–water partition coefficient (Wildman–Crippen LogP) is 2.54. The Morgan fingerprint density at radius 1 is 1.15 bits per heavy atom. The maximum Gasteiger partial charge on any atom is 0.135 e. The molecular formula is C15H27N5. The van der Waals surface area contributed by atoms with Gasteiger partial charge in [-0.25, -0.2) is 9.97 Å². The van der Waals surface area contributed by atoms with Crippen molar-refractivity contribution in [1.29, 1.82) is 0 Å². The van der Waals surface area contributed by atoms with Crippen LogP contribution in [0.25, 0.3) is 0 Å². The van der Waals surface area contributed by atoms with E-state index in [-0.39, 0.29) is 0 Å². The lowest BCUT2D eigenvalue weighted by molar-refractivity contribution is 0.327. The number of hydrogen-bond acceptors (Lipinski definition) is 5. The molecule has 2 heterocycles. The zero-order valence-corrected chi connectivity index (χ0v) is 13.1. The number of anilines is 2. The second-order valence-corrected chi connectivity index (χ2v) is 5.95. The average Bonchev–Trinajstić information content (AvgIpc) is 2.90. The molecule has 112 valence electrons. The molecule has 1 unspecified atom stereocenters. The van der Waals surface area contributed by atoms with Gasteiger partial charge in [0.1, 0.15) is 17.5 Å². The highest BCUT2D eigenvalue weighted by atomic mass is 15.2. The van der Waals surface area contributed by atoms with Crippen molar-refractivity contribution in [2.75, 3.05) is 37.3 Å². The minimum absolute atomic E-state index is 0.331. The molecule has 1 aliphatic rings. The van der Waals surface area contributed by atoms with Gasteiger partial charge in [-0.05, 0) is 32.9 Å². The minimum atomic E-state index is 0.331. The highest BCUT2D eigenvalue weighted by molar-refractivity contribution is 5.48. The first-order valence-electron chi connectivity index (χ1n) is 7.64. The Hall–Kier alpha value is -1.36. The van der Waals surface area contributed by atoms with E-state index >= 15 is 0 Å². The standard InChI is InChI=1S/C15H27N5/c1-11(2)15-18-13(16-4)9-14(19-15)17-12(3)10-20-7-5-6-8-20/h9,11-12H,5-8,10H2,1-4H3,(H2,16,17,18,19). The van der Waals surface area contributed by atoms with Crippen molar-refractivity contribution >= 4 is 11.6 Å². The molecule has 5 heteroatoms. The van der Waals surface area contributed by atoms with E-state index in [2.05, 4.69) is 46.3 Å². The highest BCUT2D eigenvalue weighted by Crippen LogP contribution is 2.17. The van der Waals surface area contributed by atoms with Gasteiger partial charge in [0.2, 0.25) is 0 Å². The van der Waals surface area contributed by atoms with Crippen molar-refractivity contribution in [3.8, 4) is 0 Å². The number of nitrogens with zero attached hydrogens (tertiary/aromatic N) is 3. The quantitative estimate of drug-likeness (QED) is 0.837. The van der Waals surface area contributed by atoms with Crippen LogP contribution in [0.4, 0.5) is 11.6 Å². The third-order valence-electron chi connectivity index (χ3n) is 3.64. The maximum absolute atomic E-state index is 4.61. The van der Waals surface area contributed by atoms with Gasteiger partial charge in [-0.1, -0.05) is 13.8 Å². The molecule has 0 aromatic carbocycles. The van der Waals surface area contributed by atoms with Crippen molar-refractivity contribution < 1.29 is 0 Å². The summed E-state index contributed by atoms with van der Waals surface area (Å²) in [7, 11) is 1.89. The fourth-order valence-corrected chi connectivity index (χ4v) is 2.58. The summed E-state index contributed by atoms with van der Waals surface area (Å²) in [6.45, 7) is 9.99. The topological polar surface area (TPSA) is 53.1 Å². The summed E-state index contributed by atoms with van der Waals surface area (Å²) < 4.78 is 0. The Labute approximate surface area is 122 Å². The molecule has 0 radical (unpaired) electrons. The fourth-order valence-electron chi connectivity index (χ4n) is 2.58. The molecule has 1 aliphatic heterocycles. The lowest BCUT2D eigenvalue weighted by Gasteiger charge is -2.22. The number of aromatic nitrogens is 2. The van der Waals surface area contributed by atoms with Crippen LogP contribution in [0.15, 0.2) is 6.07 Å². The summed E-state index contributed by atoms with van der Waals surface area (Å²) in [5.74, 6) is 3.00. The van der Waals surface area contributed by atoms with Gasteiger partial charge in [0.05, 0.1) is 0 Å². The van der Waals surface area contributed by atoms with Crippen LogP contribution in [0.3, 0.4) is 0 Å². The molecule has 0 aliphatic carbocycles. The summed E-state index contributed by atoms with van der Waals surface area (Å²) in [5, 5.41) is 6.61. The van der Waals surface area contributed by atoms with E-state index in [9.17, 15) is 0 Å². The van der Waals surface area contributed by atoms with Crippen molar-refractivity contribution in [2.45, 2.75) is 45.6 Å². The predicted molar refractivity (Wildman–Crippen MR) is 84.4 cm³/mol. The van der Waals surface area contributed by atoms with E-state index in [0.29, 0.717) is 12.0 Å². The van der Waals surface area contributed by atoms with Crippen LogP contribution in [0.5, 0.6) is 0 Å². The number of likely N-dealkylation sites (tertiary alicyclic amines) is 1. The van der Waals surface area contributed by atoms with Gasteiger partial charge in [-0.3, -0.25) is 0 Å². The normalized spacial score (nSPS) is 17.4. The van der Waals surface area contributed by atoms with Crippen LogP contribution in [0.1, 0.15) is 45.4 Å². The van der Waals surface area contributed by atoms with Crippen LogP contribution in [0, 0.1) is 0 Å². The molecule has 1 fully saturated rings. The summed E-state index contributed by atoms with van der Waals surface area (Å²) >= 11 is 0. The zero-order chi connectivity index (χ0) is 14.5. The van der Waals surface area contributed by atoms with Crippen LogP contribution < -0.4 is 10.6 Å². The van der Waals surface area contributed by atoms with Crippen molar-refractivity contribution in [3.05, 3.63) is 11.9 Å². The Morgan fingerprint density at radius 2 is 1.80 bits per heavy atom. The highest BCUT2D eigenvalue weighted by Gasteiger charge is 2.15. The second-order valence-electron chi connectivity index (χ2n) is 5.95. The van der Waals surface area contributed by atoms with E-state index in [4.69, 9.17) is 0 Å². The molecule has 0 amide bonds. The molecule has 1 aromatic rings. The SMILES string of the molecule is CNc1cc(NC(C)CN2CCCC2)nc(C(C)C)n1. The van der Waals surface area contributed by atoms with Gasteiger partial charge >= 0.3 is 0 Å². The Bertz CT molecular complexity index is 426. The maximum atomic E-state index is 4.61. The molecular weight excluding hydrogens is 250 g/mol. The lowest BCUT2D eigenvalue weighted by atomic mass is 10.2. The first kappa shape index (κ1) is 15.0.